The van der Waals surface area contributed by atoms with Crippen molar-refractivity contribution in [2.75, 3.05) is 59.7 Å². The van der Waals surface area contributed by atoms with Crippen LogP contribution in [0.4, 0.5) is 0 Å². The Hall–Kier alpha value is -6.19. The van der Waals surface area contributed by atoms with Crippen molar-refractivity contribution in [2.45, 2.75) is 51.2 Å². The highest BCUT2D eigenvalue weighted by Gasteiger charge is 2.27. The van der Waals surface area contributed by atoms with Gasteiger partial charge in [0.15, 0.2) is 6.04 Å². The number of nitrogens with zero attached hydrogens (tertiary/aromatic N) is 2. The molecule has 2 aliphatic rings. The summed E-state index contributed by atoms with van der Waals surface area (Å²) in [4.78, 5) is 52.7. The first kappa shape index (κ1) is 55.1. The van der Waals surface area contributed by atoms with E-state index in [0.29, 0.717) is 11.1 Å². The van der Waals surface area contributed by atoms with Crippen LogP contribution in [0.15, 0.2) is 97.1 Å². The van der Waals surface area contributed by atoms with Gasteiger partial charge in [-0.1, -0.05) is 47.9 Å². The normalized spacial score (nSPS) is 15.1. The van der Waals surface area contributed by atoms with Gasteiger partial charge in [-0.15, -0.1) is 12.4 Å². The number of hydroxylamine groups is 1. The number of hydrogen-bond acceptors (Lipinski definition) is 14. The standard InChI is InChI=1S/C25H28N2O5.C24H27N3O5.ClH.H3NO/c1-18(28)23(25(30)31-2)26-24(29)22-11-9-20(10-12-22)4-3-19-5-7-21(8-6-19)17-27-13-15-32-16-14-27;1-17(28)22(24(30)26-31)25-23(29)21-10-8-19(9-11-21)3-2-18-4-6-20(7-5-18)16-27-12-14-32-15-13-27;;1-2/h5-12,18,23,28H,13-17H2,1-2H3,(H,26,29);4-11,17,22,28,31H,12-16H2,1H3,(H,25,29)(H,26,30);1H;2H,1H2/t18-,23+;17-,22+;;/m11../s1. The van der Waals surface area contributed by atoms with Crippen molar-refractivity contribution in [3.8, 4) is 23.7 Å². The van der Waals surface area contributed by atoms with Gasteiger partial charge in [0.2, 0.25) is 0 Å². The van der Waals surface area contributed by atoms with Crippen LogP contribution >= 0.6 is 12.4 Å². The highest BCUT2D eigenvalue weighted by atomic mass is 35.5. The summed E-state index contributed by atoms with van der Waals surface area (Å²) in [7, 11) is 1.20. The molecule has 3 amide bonds. The first-order valence-corrected chi connectivity index (χ1v) is 21.2. The predicted molar refractivity (Wildman–Crippen MR) is 251 cm³/mol. The first-order chi connectivity index (χ1) is 31.9. The number of rotatable bonds is 12. The largest absolute Gasteiger partial charge is 0.467 e. The van der Waals surface area contributed by atoms with Crippen molar-refractivity contribution < 1.29 is 54.0 Å². The molecule has 4 aromatic carbocycles. The lowest BCUT2D eigenvalue weighted by Crippen LogP contribution is -2.51. The Labute approximate surface area is 396 Å². The van der Waals surface area contributed by atoms with Crippen LogP contribution in [-0.4, -0.2) is 138 Å². The molecule has 4 aromatic rings. The van der Waals surface area contributed by atoms with E-state index < -0.39 is 48.0 Å². The molecule has 9 N–H and O–H groups in total. The van der Waals surface area contributed by atoms with Gasteiger partial charge < -0.3 is 40.3 Å². The molecule has 67 heavy (non-hydrogen) atoms. The van der Waals surface area contributed by atoms with E-state index in [9.17, 15) is 29.4 Å². The van der Waals surface area contributed by atoms with Crippen LogP contribution < -0.4 is 22.0 Å². The van der Waals surface area contributed by atoms with E-state index in [4.69, 9.17) is 19.9 Å². The fraction of sp³-hybridized carbons (Fsp3) is 0.347. The van der Waals surface area contributed by atoms with E-state index in [1.807, 2.05) is 24.3 Å². The maximum absolute atomic E-state index is 12.4. The number of morpholine rings is 2. The number of aliphatic hydroxyl groups is 2. The predicted octanol–water partition coefficient (Wildman–Crippen LogP) is 2.23. The minimum Gasteiger partial charge on any atom is -0.467 e. The first-order valence-electron chi connectivity index (χ1n) is 21.2. The molecule has 2 aliphatic heterocycles. The average molecular weight is 943 g/mol. The van der Waals surface area contributed by atoms with Crippen molar-refractivity contribution in [3.05, 3.63) is 142 Å². The Kier molecular flexibility index (Phi) is 24.2. The second kappa shape index (κ2) is 29.4. The van der Waals surface area contributed by atoms with Gasteiger partial charge >= 0.3 is 5.97 Å². The van der Waals surface area contributed by atoms with Crippen molar-refractivity contribution in [2.24, 2.45) is 5.90 Å². The molecule has 2 heterocycles. The molecule has 0 aromatic heterocycles. The Morgan fingerprint density at radius 1 is 0.597 bits per heavy atom. The topological polar surface area (TPSA) is 245 Å². The third-order valence-corrected chi connectivity index (χ3v) is 10.3. The van der Waals surface area contributed by atoms with Crippen molar-refractivity contribution >= 4 is 36.1 Å². The van der Waals surface area contributed by atoms with Gasteiger partial charge in [-0.05, 0) is 97.8 Å². The number of aliphatic hydroxyl groups excluding tert-OH is 2. The number of nitrogens with one attached hydrogen (secondary N) is 3. The SMILES string of the molecule is COC(=O)[C@@H](NC(=O)c1ccc(C#Cc2ccc(CN3CCOCC3)cc2)cc1)[C@@H](C)O.C[C@@H](O)[C@H](NC(=O)c1ccc(C#Cc2ccc(CN3CCOCC3)cc2)cc1)C(=O)NO.Cl.NO. The molecule has 0 bridgehead atoms. The van der Waals surface area contributed by atoms with Gasteiger partial charge in [0.05, 0.1) is 45.7 Å². The van der Waals surface area contributed by atoms with Gasteiger partial charge in [0.25, 0.3) is 17.7 Å². The summed E-state index contributed by atoms with van der Waals surface area (Å²) in [5, 5.41) is 39.4. The average Bonchev–Trinajstić information content (AvgIpc) is 3.35. The number of halogens is 1. The van der Waals surface area contributed by atoms with Crippen molar-refractivity contribution in [3.63, 3.8) is 0 Å². The summed E-state index contributed by atoms with van der Waals surface area (Å²) in [6.07, 6.45) is -2.24. The van der Waals surface area contributed by atoms with Crippen molar-refractivity contribution in [1.82, 2.24) is 25.9 Å². The lowest BCUT2D eigenvalue weighted by Gasteiger charge is -2.26. The Bertz CT molecular complexity index is 2120. The van der Waals surface area contributed by atoms with Gasteiger partial charge in [0.1, 0.15) is 6.04 Å². The van der Waals surface area contributed by atoms with E-state index in [2.05, 4.69) is 79.0 Å². The molecule has 0 spiro atoms. The Balaban J connectivity index is 0.000000338. The maximum Gasteiger partial charge on any atom is 0.331 e. The number of carbonyl (C=O) groups is 4. The summed E-state index contributed by atoms with van der Waals surface area (Å²) in [6.45, 7) is 11.5. The van der Waals surface area contributed by atoms with Gasteiger partial charge in [-0.3, -0.25) is 29.4 Å². The summed E-state index contributed by atoms with van der Waals surface area (Å²) >= 11 is 0. The minimum atomic E-state index is -1.27. The number of ether oxygens (including phenoxy) is 3. The molecule has 2 saturated heterocycles. The molecular formula is C49H59ClN6O11. The van der Waals surface area contributed by atoms with Gasteiger partial charge in [0, 0.05) is 72.6 Å². The number of esters is 1. The zero-order valence-electron chi connectivity index (χ0n) is 37.6. The lowest BCUT2D eigenvalue weighted by atomic mass is 10.1. The van der Waals surface area contributed by atoms with Crippen LogP contribution in [0.25, 0.3) is 0 Å². The number of carbonyl (C=O) groups excluding carboxylic acids is 4. The molecule has 6 rings (SSSR count). The second-order valence-corrected chi connectivity index (χ2v) is 15.2. The lowest BCUT2D eigenvalue weighted by molar-refractivity contribution is -0.145. The fourth-order valence-corrected chi connectivity index (χ4v) is 6.55. The van der Waals surface area contributed by atoms with Crippen LogP contribution in [0.3, 0.4) is 0 Å². The van der Waals surface area contributed by atoms with E-state index in [-0.39, 0.29) is 12.4 Å². The maximum atomic E-state index is 12.4. The number of hydrogen-bond donors (Lipinski definition) is 8. The van der Waals surface area contributed by atoms with E-state index in [0.717, 1.165) is 87.9 Å². The van der Waals surface area contributed by atoms with Crippen LogP contribution in [0.1, 0.15) is 67.9 Å². The molecule has 17 nitrogen and oxygen atoms in total. The smallest absolute Gasteiger partial charge is 0.331 e. The third-order valence-electron chi connectivity index (χ3n) is 10.3. The van der Waals surface area contributed by atoms with Crippen LogP contribution in [-0.2, 0) is 36.9 Å². The summed E-state index contributed by atoms with van der Waals surface area (Å²) in [5.41, 5.74) is 7.88. The van der Waals surface area contributed by atoms with Gasteiger partial charge in [-0.2, -0.15) is 0 Å². The van der Waals surface area contributed by atoms with E-state index >= 15 is 0 Å². The number of methoxy groups -OCH3 is 1. The fourth-order valence-electron chi connectivity index (χ4n) is 6.55. The van der Waals surface area contributed by atoms with Crippen LogP contribution in [0.5, 0.6) is 0 Å². The van der Waals surface area contributed by atoms with Crippen LogP contribution in [0.2, 0.25) is 0 Å². The number of benzene rings is 4. The number of amides is 3. The zero-order valence-corrected chi connectivity index (χ0v) is 38.5. The molecule has 0 unspecified atom stereocenters. The molecular weight excluding hydrogens is 884 g/mol. The molecule has 0 saturated carbocycles. The molecule has 4 atom stereocenters. The van der Waals surface area contributed by atoms with Crippen LogP contribution in [0, 0.1) is 23.7 Å². The van der Waals surface area contributed by atoms with Gasteiger partial charge in [-0.25, -0.2) is 16.2 Å². The summed E-state index contributed by atoms with van der Waals surface area (Å²) in [6, 6.07) is 27.3. The second-order valence-electron chi connectivity index (χ2n) is 15.2. The van der Waals surface area contributed by atoms with E-state index in [1.165, 1.54) is 37.6 Å². The molecule has 0 aliphatic carbocycles. The number of nitrogens with two attached hydrogens (primary N) is 1. The Morgan fingerprint density at radius 2 is 0.910 bits per heavy atom. The van der Waals surface area contributed by atoms with Crippen molar-refractivity contribution in [1.29, 1.82) is 0 Å². The molecule has 0 radical (unpaired) electrons. The molecule has 2 fully saturated rings. The third kappa shape index (κ3) is 18.5. The monoisotopic (exact) mass is 942 g/mol. The Morgan fingerprint density at radius 3 is 1.21 bits per heavy atom. The molecule has 358 valence electrons. The summed E-state index contributed by atoms with van der Waals surface area (Å²) < 4.78 is 15.4. The zero-order chi connectivity index (χ0) is 47.8. The quantitative estimate of drug-likeness (QED) is 0.0440. The molecule has 18 heteroatoms. The highest BCUT2D eigenvalue weighted by molar-refractivity contribution is 5.98. The summed E-state index contributed by atoms with van der Waals surface area (Å²) in [5.74, 6) is 13.3. The van der Waals surface area contributed by atoms with E-state index in [1.54, 1.807) is 48.5 Å². The highest BCUT2D eigenvalue weighted by Crippen LogP contribution is 2.12. The minimum absolute atomic E-state index is 0.